The summed E-state index contributed by atoms with van der Waals surface area (Å²) in [5.41, 5.74) is 1.81. The van der Waals surface area contributed by atoms with E-state index in [0.717, 1.165) is 0 Å². The third-order valence-electron chi connectivity index (χ3n) is 4.78. The molecule has 5 nitrogen and oxygen atoms in total. The Hall–Kier alpha value is -1.89. The number of halogens is 1. The van der Waals surface area contributed by atoms with Gasteiger partial charge in [-0.1, -0.05) is 43.6 Å². The number of amides is 1. The molecule has 0 unspecified atom stereocenters. The summed E-state index contributed by atoms with van der Waals surface area (Å²) < 4.78 is 26.9. The van der Waals surface area contributed by atoms with Crippen LogP contribution in [0, 0.1) is 0 Å². The van der Waals surface area contributed by atoms with Crippen LogP contribution in [0.2, 0.25) is 5.02 Å². The smallest absolute Gasteiger partial charge is 0.253 e. The van der Waals surface area contributed by atoms with Crippen LogP contribution in [0.3, 0.4) is 0 Å². The monoisotopic (exact) mass is 406 g/mol. The van der Waals surface area contributed by atoms with Gasteiger partial charge in [-0.25, -0.2) is 8.42 Å². The summed E-state index contributed by atoms with van der Waals surface area (Å²) in [6.07, 6.45) is 0. The lowest BCUT2D eigenvalue weighted by Gasteiger charge is -2.34. The van der Waals surface area contributed by atoms with Crippen LogP contribution in [0.4, 0.5) is 0 Å². The maximum Gasteiger partial charge on any atom is 0.253 e. The van der Waals surface area contributed by atoms with Crippen molar-refractivity contribution >= 4 is 27.5 Å². The molecule has 1 saturated heterocycles. The highest BCUT2D eigenvalue weighted by atomic mass is 35.5. The van der Waals surface area contributed by atoms with Gasteiger partial charge in [-0.3, -0.25) is 4.79 Å². The number of rotatable bonds is 4. The van der Waals surface area contributed by atoms with Gasteiger partial charge >= 0.3 is 0 Å². The molecule has 3 rings (SSSR count). The van der Waals surface area contributed by atoms with E-state index in [9.17, 15) is 13.2 Å². The van der Waals surface area contributed by atoms with Crippen LogP contribution in [-0.4, -0.2) is 49.7 Å². The Morgan fingerprint density at radius 3 is 2.19 bits per heavy atom. The van der Waals surface area contributed by atoms with E-state index in [-0.39, 0.29) is 23.9 Å². The fourth-order valence-corrected chi connectivity index (χ4v) is 4.82. The molecular weight excluding hydrogens is 384 g/mol. The average Bonchev–Trinajstić information content (AvgIpc) is 2.67. The van der Waals surface area contributed by atoms with Crippen molar-refractivity contribution in [2.75, 3.05) is 26.2 Å². The van der Waals surface area contributed by atoms with E-state index in [1.165, 1.54) is 22.0 Å². The molecule has 0 aromatic heterocycles. The zero-order valence-electron chi connectivity index (χ0n) is 15.4. The molecule has 2 aromatic carbocycles. The molecule has 2 aromatic rings. The second-order valence-corrected chi connectivity index (χ2v) is 9.30. The largest absolute Gasteiger partial charge is 0.336 e. The lowest BCUT2D eigenvalue weighted by molar-refractivity contribution is 0.0698. The molecule has 1 aliphatic heterocycles. The first-order chi connectivity index (χ1) is 12.8. The van der Waals surface area contributed by atoms with Crippen LogP contribution >= 0.6 is 11.6 Å². The van der Waals surface area contributed by atoms with Gasteiger partial charge in [0.2, 0.25) is 10.0 Å². The molecule has 0 radical (unpaired) electrons. The van der Waals surface area contributed by atoms with Crippen LogP contribution in [0.5, 0.6) is 0 Å². The molecular formula is C20H23ClN2O3S. The first-order valence-electron chi connectivity index (χ1n) is 8.94. The maximum absolute atomic E-state index is 12.8. The van der Waals surface area contributed by atoms with Crippen molar-refractivity contribution in [2.24, 2.45) is 0 Å². The summed E-state index contributed by atoms with van der Waals surface area (Å²) >= 11 is 5.92. The third kappa shape index (κ3) is 4.34. The van der Waals surface area contributed by atoms with Crippen molar-refractivity contribution in [1.29, 1.82) is 0 Å². The Morgan fingerprint density at radius 2 is 1.63 bits per heavy atom. The van der Waals surface area contributed by atoms with Gasteiger partial charge in [0.25, 0.3) is 5.91 Å². The molecule has 144 valence electrons. The molecule has 1 aliphatic rings. The summed E-state index contributed by atoms with van der Waals surface area (Å²) in [7, 11) is -3.60. The summed E-state index contributed by atoms with van der Waals surface area (Å²) in [6.45, 7) is 5.48. The predicted molar refractivity (Wildman–Crippen MR) is 107 cm³/mol. The number of piperazine rings is 1. The highest BCUT2D eigenvalue weighted by Crippen LogP contribution is 2.22. The van der Waals surface area contributed by atoms with Crippen LogP contribution < -0.4 is 0 Å². The van der Waals surface area contributed by atoms with Crippen molar-refractivity contribution in [2.45, 2.75) is 24.7 Å². The summed E-state index contributed by atoms with van der Waals surface area (Å²) in [5.74, 6) is 0.347. The molecule has 1 heterocycles. The first kappa shape index (κ1) is 19.9. The third-order valence-corrected chi connectivity index (χ3v) is 6.91. The number of nitrogens with zero attached hydrogens (tertiary/aromatic N) is 2. The number of carbonyl (C=O) groups excluding carboxylic acids is 1. The molecule has 0 bridgehead atoms. The Labute approximate surface area is 165 Å². The van der Waals surface area contributed by atoms with Gasteiger partial charge in [0, 0.05) is 36.8 Å². The summed E-state index contributed by atoms with van der Waals surface area (Å²) in [6, 6.07) is 13.9. The van der Waals surface area contributed by atoms with Crippen LogP contribution in [0.1, 0.15) is 35.7 Å². The molecule has 7 heteroatoms. The normalized spacial score (nSPS) is 15.9. The van der Waals surface area contributed by atoms with E-state index in [4.69, 9.17) is 11.6 Å². The molecule has 0 saturated carbocycles. The van der Waals surface area contributed by atoms with Gasteiger partial charge < -0.3 is 4.90 Å². The van der Waals surface area contributed by atoms with E-state index < -0.39 is 10.0 Å². The lowest BCUT2D eigenvalue weighted by atomic mass is 10.0. The van der Waals surface area contributed by atoms with Gasteiger partial charge in [-0.2, -0.15) is 4.31 Å². The van der Waals surface area contributed by atoms with Crippen molar-refractivity contribution in [1.82, 2.24) is 9.21 Å². The highest BCUT2D eigenvalue weighted by Gasteiger charge is 2.30. The van der Waals surface area contributed by atoms with Crippen LogP contribution in [0.25, 0.3) is 0 Å². The number of benzene rings is 2. The molecule has 1 fully saturated rings. The SMILES string of the molecule is CC(C)c1ccc(C(=O)N2CCN(S(=O)(=O)c3cccc(Cl)c3)CC2)cc1. The zero-order valence-corrected chi connectivity index (χ0v) is 17.0. The number of carbonyl (C=O) groups is 1. The minimum Gasteiger partial charge on any atom is -0.336 e. The van der Waals surface area contributed by atoms with Crippen molar-refractivity contribution < 1.29 is 13.2 Å². The Kier molecular flexibility index (Phi) is 5.89. The minimum absolute atomic E-state index is 0.0647. The van der Waals surface area contributed by atoms with Gasteiger partial charge in [-0.05, 0) is 41.8 Å². The van der Waals surface area contributed by atoms with Crippen LogP contribution in [0.15, 0.2) is 53.4 Å². The quantitative estimate of drug-likeness (QED) is 0.779. The van der Waals surface area contributed by atoms with Gasteiger partial charge in [0.15, 0.2) is 0 Å². The number of hydrogen-bond donors (Lipinski definition) is 0. The van der Waals surface area contributed by atoms with Crippen LogP contribution in [-0.2, 0) is 10.0 Å². The van der Waals surface area contributed by atoms with E-state index in [1.807, 2.05) is 24.3 Å². The van der Waals surface area contributed by atoms with Crippen molar-refractivity contribution in [3.63, 3.8) is 0 Å². The first-order valence-corrected chi connectivity index (χ1v) is 10.8. The van der Waals surface area contributed by atoms with Crippen molar-refractivity contribution in [3.8, 4) is 0 Å². The molecule has 0 spiro atoms. The number of sulfonamides is 1. The zero-order chi connectivity index (χ0) is 19.6. The molecule has 27 heavy (non-hydrogen) atoms. The Morgan fingerprint density at radius 1 is 1.00 bits per heavy atom. The van der Waals surface area contributed by atoms with Gasteiger partial charge in [0.1, 0.15) is 0 Å². The lowest BCUT2D eigenvalue weighted by Crippen LogP contribution is -2.50. The Bertz CT molecular complexity index is 918. The van der Waals surface area contributed by atoms with E-state index >= 15 is 0 Å². The fourth-order valence-electron chi connectivity index (χ4n) is 3.10. The average molecular weight is 407 g/mol. The number of hydrogen-bond acceptors (Lipinski definition) is 3. The minimum atomic E-state index is -3.60. The Balaban J connectivity index is 1.67. The predicted octanol–water partition coefficient (Wildman–Crippen LogP) is 3.61. The molecule has 0 N–H and O–H groups in total. The van der Waals surface area contributed by atoms with Gasteiger partial charge in [0.05, 0.1) is 4.90 Å². The van der Waals surface area contributed by atoms with Crippen molar-refractivity contribution in [3.05, 3.63) is 64.7 Å². The van der Waals surface area contributed by atoms with E-state index in [0.29, 0.717) is 29.6 Å². The molecule has 0 atom stereocenters. The molecule has 0 aliphatic carbocycles. The second-order valence-electron chi connectivity index (χ2n) is 6.93. The fraction of sp³-hybridized carbons (Fsp3) is 0.350. The van der Waals surface area contributed by atoms with E-state index in [1.54, 1.807) is 17.0 Å². The highest BCUT2D eigenvalue weighted by molar-refractivity contribution is 7.89. The second kappa shape index (κ2) is 8.00. The standard InChI is InChI=1S/C20H23ClN2O3S/c1-15(2)16-6-8-17(9-7-16)20(24)22-10-12-23(13-11-22)27(25,26)19-5-3-4-18(21)14-19/h3-9,14-15H,10-13H2,1-2H3. The molecule has 1 amide bonds. The van der Waals surface area contributed by atoms with Gasteiger partial charge in [-0.15, -0.1) is 0 Å². The summed E-state index contributed by atoms with van der Waals surface area (Å²) in [5, 5.41) is 0.384. The summed E-state index contributed by atoms with van der Waals surface area (Å²) in [4.78, 5) is 14.6. The van der Waals surface area contributed by atoms with E-state index in [2.05, 4.69) is 13.8 Å². The topological polar surface area (TPSA) is 57.7 Å². The maximum atomic E-state index is 12.8.